The lowest BCUT2D eigenvalue weighted by Crippen LogP contribution is -2.51. The first-order valence-electron chi connectivity index (χ1n) is 7.32. The molecule has 1 saturated heterocycles. The molecular weight excluding hydrogens is 212 g/mol. The van der Waals surface area contributed by atoms with Gasteiger partial charge in [0.1, 0.15) is 0 Å². The quantitative estimate of drug-likeness (QED) is 0.817. The van der Waals surface area contributed by atoms with E-state index in [0.717, 1.165) is 31.7 Å². The lowest BCUT2D eigenvalue weighted by Gasteiger charge is -2.43. The van der Waals surface area contributed by atoms with E-state index in [9.17, 15) is 0 Å². The summed E-state index contributed by atoms with van der Waals surface area (Å²) in [5.41, 5.74) is 0. The molecule has 1 saturated carbocycles. The number of nitrogens with zero attached hydrogens (tertiary/aromatic N) is 1. The molecule has 2 rings (SSSR count). The number of morpholine rings is 1. The normalized spacial score (nSPS) is 40.4. The first-order valence-corrected chi connectivity index (χ1v) is 7.32. The molecule has 3 nitrogen and oxygen atoms in total. The van der Waals surface area contributed by atoms with Gasteiger partial charge in [0.25, 0.3) is 0 Å². The maximum Gasteiger partial charge on any atom is 0.0678 e. The van der Waals surface area contributed by atoms with Crippen molar-refractivity contribution in [2.75, 3.05) is 19.6 Å². The van der Waals surface area contributed by atoms with E-state index in [1.165, 1.54) is 25.7 Å². The predicted octanol–water partition coefficient (Wildman–Crippen LogP) is 2.02. The highest BCUT2D eigenvalue weighted by Gasteiger charge is 2.30. The summed E-state index contributed by atoms with van der Waals surface area (Å²) in [6, 6.07) is 1.57. The molecule has 0 aromatic heterocycles. The van der Waals surface area contributed by atoms with Gasteiger partial charge < -0.3 is 10.1 Å². The van der Waals surface area contributed by atoms with Crippen LogP contribution in [0.3, 0.4) is 0 Å². The molecule has 17 heavy (non-hydrogen) atoms. The minimum absolute atomic E-state index is 0.408. The van der Waals surface area contributed by atoms with Gasteiger partial charge in [-0.25, -0.2) is 0 Å². The van der Waals surface area contributed by atoms with Crippen LogP contribution in [0, 0.1) is 0 Å². The van der Waals surface area contributed by atoms with Crippen molar-refractivity contribution >= 4 is 0 Å². The van der Waals surface area contributed by atoms with E-state index >= 15 is 0 Å². The van der Waals surface area contributed by atoms with Gasteiger partial charge in [0, 0.05) is 25.2 Å². The Hall–Kier alpha value is -0.120. The minimum atomic E-state index is 0.408. The molecule has 3 heteroatoms. The summed E-state index contributed by atoms with van der Waals surface area (Å²) in [7, 11) is 0. The maximum atomic E-state index is 5.81. The van der Waals surface area contributed by atoms with Crippen molar-refractivity contribution in [1.82, 2.24) is 10.2 Å². The fraction of sp³-hybridized carbons (Fsp3) is 1.00. The van der Waals surface area contributed by atoms with Gasteiger partial charge in [0.2, 0.25) is 0 Å². The zero-order valence-electron chi connectivity index (χ0n) is 11.6. The molecule has 0 aromatic rings. The maximum absolute atomic E-state index is 5.81. The van der Waals surface area contributed by atoms with Crippen LogP contribution < -0.4 is 5.32 Å². The fourth-order valence-electron chi connectivity index (χ4n) is 3.45. The summed E-state index contributed by atoms with van der Waals surface area (Å²) in [4.78, 5) is 2.67. The third-order valence-corrected chi connectivity index (χ3v) is 4.15. The molecule has 100 valence electrons. The summed E-state index contributed by atoms with van der Waals surface area (Å²) < 4.78 is 5.81. The second-order valence-corrected chi connectivity index (χ2v) is 5.77. The summed E-state index contributed by atoms with van der Waals surface area (Å²) in [6.07, 6.45) is 6.22. The summed E-state index contributed by atoms with van der Waals surface area (Å²) in [5, 5.41) is 3.58. The SMILES string of the molecule is CCNC1CCC(N2CC(C)OC(C)C2)CC1. The molecule has 1 N–H and O–H groups in total. The third kappa shape index (κ3) is 3.67. The van der Waals surface area contributed by atoms with E-state index in [1.54, 1.807) is 0 Å². The summed E-state index contributed by atoms with van der Waals surface area (Å²) in [6.45, 7) is 9.97. The Bertz CT molecular complexity index is 216. The van der Waals surface area contributed by atoms with E-state index in [0.29, 0.717) is 12.2 Å². The van der Waals surface area contributed by atoms with E-state index < -0.39 is 0 Å². The van der Waals surface area contributed by atoms with Crippen LogP contribution in [0.1, 0.15) is 46.5 Å². The van der Waals surface area contributed by atoms with Crippen LogP contribution in [0.4, 0.5) is 0 Å². The zero-order chi connectivity index (χ0) is 12.3. The fourth-order valence-corrected chi connectivity index (χ4v) is 3.45. The van der Waals surface area contributed by atoms with Crippen molar-refractivity contribution in [2.45, 2.75) is 70.7 Å². The summed E-state index contributed by atoms with van der Waals surface area (Å²) in [5.74, 6) is 0. The molecule has 1 aliphatic heterocycles. The Balaban J connectivity index is 1.79. The minimum Gasteiger partial charge on any atom is -0.373 e. The van der Waals surface area contributed by atoms with Crippen LogP contribution in [0.25, 0.3) is 0 Å². The molecule has 2 fully saturated rings. The molecule has 1 heterocycles. The van der Waals surface area contributed by atoms with E-state index in [4.69, 9.17) is 4.74 Å². The molecule has 0 amide bonds. The van der Waals surface area contributed by atoms with Crippen molar-refractivity contribution in [3.63, 3.8) is 0 Å². The van der Waals surface area contributed by atoms with Crippen molar-refractivity contribution in [3.8, 4) is 0 Å². The van der Waals surface area contributed by atoms with Gasteiger partial charge in [-0.05, 0) is 46.1 Å². The number of rotatable bonds is 3. The average Bonchev–Trinajstić information content (AvgIpc) is 2.29. The third-order valence-electron chi connectivity index (χ3n) is 4.15. The monoisotopic (exact) mass is 240 g/mol. The Kier molecular flexibility index (Phi) is 4.83. The lowest BCUT2D eigenvalue weighted by atomic mass is 9.89. The largest absolute Gasteiger partial charge is 0.373 e. The Morgan fingerprint density at radius 1 is 1.06 bits per heavy atom. The second-order valence-electron chi connectivity index (χ2n) is 5.77. The number of hydrogen-bond donors (Lipinski definition) is 1. The van der Waals surface area contributed by atoms with Gasteiger partial charge in [0.05, 0.1) is 12.2 Å². The van der Waals surface area contributed by atoms with Crippen LogP contribution in [0.15, 0.2) is 0 Å². The Morgan fingerprint density at radius 2 is 1.65 bits per heavy atom. The molecule has 2 atom stereocenters. The van der Waals surface area contributed by atoms with Crippen LogP contribution in [-0.4, -0.2) is 48.8 Å². The average molecular weight is 240 g/mol. The van der Waals surface area contributed by atoms with Crippen molar-refractivity contribution < 1.29 is 4.74 Å². The molecule has 0 radical (unpaired) electrons. The Morgan fingerprint density at radius 3 is 2.18 bits per heavy atom. The molecule has 1 aliphatic carbocycles. The molecular formula is C14H28N2O. The van der Waals surface area contributed by atoms with E-state index in [-0.39, 0.29) is 0 Å². The van der Waals surface area contributed by atoms with E-state index in [2.05, 4.69) is 31.0 Å². The van der Waals surface area contributed by atoms with Gasteiger partial charge in [-0.1, -0.05) is 6.92 Å². The molecule has 0 bridgehead atoms. The zero-order valence-corrected chi connectivity index (χ0v) is 11.6. The molecule has 2 unspecified atom stereocenters. The number of hydrogen-bond acceptors (Lipinski definition) is 3. The predicted molar refractivity (Wildman–Crippen MR) is 71.3 cm³/mol. The Labute approximate surface area is 106 Å². The van der Waals surface area contributed by atoms with Crippen molar-refractivity contribution in [2.24, 2.45) is 0 Å². The molecule has 2 aliphatic rings. The lowest BCUT2D eigenvalue weighted by molar-refractivity contribution is -0.0846. The van der Waals surface area contributed by atoms with Gasteiger partial charge in [-0.2, -0.15) is 0 Å². The van der Waals surface area contributed by atoms with Gasteiger partial charge in [-0.15, -0.1) is 0 Å². The number of nitrogens with one attached hydrogen (secondary N) is 1. The van der Waals surface area contributed by atoms with Crippen LogP contribution >= 0.6 is 0 Å². The van der Waals surface area contributed by atoms with E-state index in [1.807, 2.05) is 0 Å². The highest BCUT2D eigenvalue weighted by Crippen LogP contribution is 2.25. The first-order chi connectivity index (χ1) is 8.19. The molecule has 0 spiro atoms. The smallest absolute Gasteiger partial charge is 0.0678 e. The van der Waals surface area contributed by atoms with Crippen LogP contribution in [-0.2, 0) is 4.74 Å². The molecule has 0 aromatic carbocycles. The highest BCUT2D eigenvalue weighted by molar-refractivity contribution is 4.86. The standard InChI is InChI=1S/C14H28N2O/c1-4-15-13-5-7-14(8-6-13)16-9-11(2)17-12(3)10-16/h11-15H,4-10H2,1-3H3. The summed E-state index contributed by atoms with van der Waals surface area (Å²) >= 11 is 0. The highest BCUT2D eigenvalue weighted by atomic mass is 16.5. The van der Waals surface area contributed by atoms with Crippen LogP contribution in [0.5, 0.6) is 0 Å². The second kappa shape index (κ2) is 6.17. The number of ether oxygens (including phenoxy) is 1. The van der Waals surface area contributed by atoms with Crippen molar-refractivity contribution in [1.29, 1.82) is 0 Å². The topological polar surface area (TPSA) is 24.5 Å². The van der Waals surface area contributed by atoms with Crippen LogP contribution in [0.2, 0.25) is 0 Å². The van der Waals surface area contributed by atoms with Gasteiger partial charge in [-0.3, -0.25) is 4.90 Å². The van der Waals surface area contributed by atoms with Crippen molar-refractivity contribution in [3.05, 3.63) is 0 Å². The first kappa shape index (κ1) is 13.3. The van der Waals surface area contributed by atoms with Gasteiger partial charge >= 0.3 is 0 Å². The van der Waals surface area contributed by atoms with Gasteiger partial charge in [0.15, 0.2) is 0 Å².